The molecule has 17 heavy (non-hydrogen) atoms. The maximum atomic E-state index is 4.39. The topological polar surface area (TPSA) is 42.2 Å². The van der Waals surface area contributed by atoms with Crippen molar-refractivity contribution in [1.29, 1.82) is 0 Å². The van der Waals surface area contributed by atoms with Crippen molar-refractivity contribution in [2.24, 2.45) is 0 Å². The number of allylic oxidation sites excluding steroid dienone is 3. The molecule has 0 amide bonds. The number of rotatable bonds is 4. The van der Waals surface area contributed by atoms with E-state index in [1.54, 1.807) is 10.6 Å². The van der Waals surface area contributed by atoms with Crippen LogP contribution in [0.4, 0.5) is 5.82 Å². The van der Waals surface area contributed by atoms with Gasteiger partial charge in [-0.05, 0) is 24.6 Å². The lowest BCUT2D eigenvalue weighted by Crippen LogP contribution is -1.94. The van der Waals surface area contributed by atoms with Crippen molar-refractivity contribution in [1.82, 2.24) is 14.6 Å². The lowest BCUT2D eigenvalue weighted by atomic mass is 10.2. The summed E-state index contributed by atoms with van der Waals surface area (Å²) in [5.41, 5.74) is 3.18. The van der Waals surface area contributed by atoms with Crippen LogP contribution in [0.25, 0.3) is 11.2 Å². The zero-order valence-electron chi connectivity index (χ0n) is 9.77. The highest BCUT2D eigenvalue weighted by Gasteiger charge is 2.04. The zero-order valence-corrected chi connectivity index (χ0v) is 9.77. The van der Waals surface area contributed by atoms with E-state index in [-0.39, 0.29) is 0 Å². The van der Waals surface area contributed by atoms with Gasteiger partial charge in [0.15, 0.2) is 11.5 Å². The van der Waals surface area contributed by atoms with Gasteiger partial charge in [0.25, 0.3) is 0 Å². The molecule has 86 valence electrons. The van der Waals surface area contributed by atoms with E-state index in [0.717, 1.165) is 28.4 Å². The molecule has 0 radical (unpaired) electrons. The molecule has 0 fully saturated rings. The first-order valence-electron chi connectivity index (χ1n) is 5.21. The monoisotopic (exact) mass is 226 g/mol. The fourth-order valence-electron chi connectivity index (χ4n) is 1.44. The standard InChI is InChI=1S/C13H14N4/c1-5-10(4)11-6-7-13-15-12(14-9(2)3)8-17(13)16-11/h5-8,14H,1-2,4H2,3H3. The van der Waals surface area contributed by atoms with E-state index in [1.165, 1.54) is 0 Å². The molecule has 0 aromatic carbocycles. The quantitative estimate of drug-likeness (QED) is 0.815. The molecule has 2 aromatic rings. The van der Waals surface area contributed by atoms with Crippen molar-refractivity contribution in [3.05, 3.63) is 55.5 Å². The number of hydrogen-bond donors (Lipinski definition) is 1. The lowest BCUT2D eigenvalue weighted by molar-refractivity contribution is 0.923. The summed E-state index contributed by atoms with van der Waals surface area (Å²) in [7, 11) is 0. The molecule has 2 heterocycles. The third-order valence-corrected chi connectivity index (χ3v) is 2.24. The summed E-state index contributed by atoms with van der Waals surface area (Å²) in [5.74, 6) is 0.728. The van der Waals surface area contributed by atoms with Crippen molar-refractivity contribution in [2.75, 3.05) is 5.32 Å². The molecule has 0 aliphatic carbocycles. The molecule has 0 aliphatic rings. The van der Waals surface area contributed by atoms with Crippen molar-refractivity contribution >= 4 is 17.0 Å². The van der Waals surface area contributed by atoms with Gasteiger partial charge in [0.05, 0.1) is 11.9 Å². The van der Waals surface area contributed by atoms with Gasteiger partial charge < -0.3 is 5.32 Å². The molecule has 2 rings (SSSR count). The minimum Gasteiger partial charge on any atom is -0.343 e. The maximum absolute atomic E-state index is 4.39. The van der Waals surface area contributed by atoms with Crippen molar-refractivity contribution in [3.63, 3.8) is 0 Å². The van der Waals surface area contributed by atoms with E-state index in [4.69, 9.17) is 0 Å². The minimum absolute atomic E-state index is 0.728. The Morgan fingerprint density at radius 2 is 2.18 bits per heavy atom. The summed E-state index contributed by atoms with van der Waals surface area (Å²) in [6, 6.07) is 3.76. The second kappa shape index (κ2) is 4.25. The molecule has 0 atom stereocenters. The van der Waals surface area contributed by atoms with Crippen LogP contribution in [-0.4, -0.2) is 14.6 Å². The van der Waals surface area contributed by atoms with Gasteiger partial charge in [-0.2, -0.15) is 5.10 Å². The normalized spacial score (nSPS) is 10.2. The highest BCUT2D eigenvalue weighted by molar-refractivity contribution is 5.69. The largest absolute Gasteiger partial charge is 0.343 e. The predicted octanol–water partition coefficient (Wildman–Crippen LogP) is 2.87. The van der Waals surface area contributed by atoms with Gasteiger partial charge in [0.1, 0.15) is 0 Å². The van der Waals surface area contributed by atoms with Crippen LogP contribution >= 0.6 is 0 Å². The van der Waals surface area contributed by atoms with Gasteiger partial charge in [-0.15, -0.1) is 0 Å². The number of aromatic nitrogens is 3. The number of nitrogens with one attached hydrogen (secondary N) is 1. The first-order valence-corrected chi connectivity index (χ1v) is 5.21. The molecule has 0 aliphatic heterocycles. The molecule has 1 N–H and O–H groups in total. The summed E-state index contributed by atoms with van der Waals surface area (Å²) < 4.78 is 1.70. The van der Waals surface area contributed by atoms with E-state index in [9.17, 15) is 0 Å². The first-order chi connectivity index (χ1) is 8.10. The van der Waals surface area contributed by atoms with Crippen LogP contribution < -0.4 is 5.32 Å². The van der Waals surface area contributed by atoms with Gasteiger partial charge in [-0.25, -0.2) is 9.50 Å². The molecule has 0 bridgehead atoms. The number of imidazole rings is 1. The summed E-state index contributed by atoms with van der Waals surface area (Å²) in [6.07, 6.45) is 3.49. The first kappa shape index (κ1) is 11.1. The van der Waals surface area contributed by atoms with Gasteiger partial charge in [0.2, 0.25) is 0 Å². The Hall–Kier alpha value is -2.36. The average Bonchev–Trinajstić information content (AvgIpc) is 2.67. The lowest BCUT2D eigenvalue weighted by Gasteiger charge is -1.99. The van der Waals surface area contributed by atoms with Crippen LogP contribution in [0.15, 0.2) is 49.8 Å². The Balaban J connectivity index is 2.44. The van der Waals surface area contributed by atoms with Crippen LogP contribution in [0.2, 0.25) is 0 Å². The second-order valence-corrected chi connectivity index (χ2v) is 3.78. The fourth-order valence-corrected chi connectivity index (χ4v) is 1.44. The Kier molecular flexibility index (Phi) is 2.78. The predicted molar refractivity (Wildman–Crippen MR) is 70.7 cm³/mol. The zero-order chi connectivity index (χ0) is 12.4. The van der Waals surface area contributed by atoms with Gasteiger partial charge in [-0.3, -0.25) is 0 Å². The number of nitrogens with zero attached hydrogens (tertiary/aromatic N) is 3. The molecule has 0 unspecified atom stereocenters. The van der Waals surface area contributed by atoms with Crippen molar-refractivity contribution in [2.45, 2.75) is 6.92 Å². The Morgan fingerprint density at radius 3 is 2.82 bits per heavy atom. The third kappa shape index (κ3) is 2.25. The maximum Gasteiger partial charge on any atom is 0.156 e. The smallest absolute Gasteiger partial charge is 0.156 e. The summed E-state index contributed by atoms with van der Waals surface area (Å²) in [4.78, 5) is 4.35. The number of hydrogen-bond acceptors (Lipinski definition) is 3. The second-order valence-electron chi connectivity index (χ2n) is 3.78. The summed E-state index contributed by atoms with van der Waals surface area (Å²) in [6.45, 7) is 13.2. The Labute approximate surface area is 100.0 Å². The summed E-state index contributed by atoms with van der Waals surface area (Å²) in [5, 5.41) is 7.44. The molecule has 4 nitrogen and oxygen atoms in total. The van der Waals surface area contributed by atoms with Gasteiger partial charge in [-0.1, -0.05) is 25.8 Å². The SMILES string of the molecule is C=CC(=C)c1ccc2nc(NC(=C)C)cn2n1. The van der Waals surface area contributed by atoms with Crippen LogP contribution in [0.1, 0.15) is 12.6 Å². The average molecular weight is 226 g/mol. The molecule has 0 saturated carbocycles. The van der Waals surface area contributed by atoms with E-state index >= 15 is 0 Å². The van der Waals surface area contributed by atoms with Gasteiger partial charge in [0, 0.05) is 5.70 Å². The van der Waals surface area contributed by atoms with Crippen LogP contribution in [-0.2, 0) is 0 Å². The molecule has 0 saturated heterocycles. The molecular weight excluding hydrogens is 212 g/mol. The molecule has 0 spiro atoms. The highest BCUT2D eigenvalue weighted by Crippen LogP contribution is 2.14. The van der Waals surface area contributed by atoms with E-state index < -0.39 is 0 Å². The summed E-state index contributed by atoms with van der Waals surface area (Å²) >= 11 is 0. The van der Waals surface area contributed by atoms with Crippen LogP contribution in [0.3, 0.4) is 0 Å². The highest BCUT2D eigenvalue weighted by atomic mass is 15.3. The molecular formula is C13H14N4. The van der Waals surface area contributed by atoms with Gasteiger partial charge >= 0.3 is 0 Å². The van der Waals surface area contributed by atoms with Crippen molar-refractivity contribution < 1.29 is 0 Å². The Morgan fingerprint density at radius 1 is 1.41 bits per heavy atom. The van der Waals surface area contributed by atoms with E-state index in [2.05, 4.69) is 35.1 Å². The third-order valence-electron chi connectivity index (χ3n) is 2.24. The van der Waals surface area contributed by atoms with Crippen LogP contribution in [0.5, 0.6) is 0 Å². The molecule has 4 heteroatoms. The number of anilines is 1. The van der Waals surface area contributed by atoms with Crippen LogP contribution in [0, 0.1) is 0 Å². The minimum atomic E-state index is 0.728. The number of fused-ring (bicyclic) bond motifs is 1. The van der Waals surface area contributed by atoms with E-state index in [0.29, 0.717) is 0 Å². The Bertz CT molecular complexity index is 607. The van der Waals surface area contributed by atoms with Crippen molar-refractivity contribution in [3.8, 4) is 0 Å². The molecule has 2 aromatic heterocycles. The fraction of sp³-hybridized carbons (Fsp3) is 0.0769. The van der Waals surface area contributed by atoms with E-state index in [1.807, 2.05) is 25.3 Å².